The van der Waals surface area contributed by atoms with Crippen molar-refractivity contribution in [3.8, 4) is 16.9 Å². The van der Waals surface area contributed by atoms with Gasteiger partial charge in [-0.25, -0.2) is 4.79 Å². The molecule has 4 N–H and O–H groups in total. The molecule has 1 amide bonds. The number of carbonyl (C=O) groups is 2. The number of halogens is 3. The summed E-state index contributed by atoms with van der Waals surface area (Å²) >= 11 is 0. The normalized spacial score (nSPS) is 24.1. The maximum absolute atomic E-state index is 11.4. The monoisotopic (exact) mass is 506 g/mol. The lowest BCUT2D eigenvalue weighted by molar-refractivity contribution is -0.192. The van der Waals surface area contributed by atoms with Crippen molar-refractivity contribution >= 4 is 11.9 Å². The minimum atomic E-state index is -5.08. The number of carboxylic acids is 1. The number of benzene rings is 2. The molecule has 2 bridgehead atoms. The van der Waals surface area contributed by atoms with E-state index in [4.69, 9.17) is 20.4 Å². The molecule has 4 atom stereocenters. The summed E-state index contributed by atoms with van der Waals surface area (Å²) in [6.07, 6.45) is -2.37. The van der Waals surface area contributed by atoms with Crippen molar-refractivity contribution in [2.24, 2.45) is 28.9 Å². The second-order valence-corrected chi connectivity index (χ2v) is 10.1. The zero-order valence-electron chi connectivity index (χ0n) is 20.6. The molecule has 6 nitrogen and oxygen atoms in total. The van der Waals surface area contributed by atoms with Crippen LogP contribution in [0, 0.1) is 23.2 Å². The third-order valence-electron chi connectivity index (χ3n) is 7.71. The standard InChI is InChI=1S/C25H32N2O2.C2HF3O2/c1-16-22-14-20(25(22,2)3)15-23(16)27-11-12-29-21-9-7-17(8-10-21)18-5-4-6-19(13-18)24(26)28;3-2(4,5)1(6)7/h4-10,13,16,20,22-23,27H,11-12,14-15H2,1-3H3,(H2,26,28);(H,6,7)/t16-,20+,22-,23-;/m1./s1. The molecule has 0 saturated heterocycles. The summed E-state index contributed by atoms with van der Waals surface area (Å²) in [5.41, 5.74) is 8.44. The van der Waals surface area contributed by atoms with Gasteiger partial charge in [0.1, 0.15) is 12.4 Å². The molecule has 36 heavy (non-hydrogen) atoms. The molecule has 0 aliphatic heterocycles. The van der Waals surface area contributed by atoms with E-state index >= 15 is 0 Å². The Labute approximate surface area is 209 Å². The van der Waals surface area contributed by atoms with Gasteiger partial charge in [-0.15, -0.1) is 0 Å². The Kier molecular flexibility index (Phi) is 8.33. The molecule has 0 aromatic heterocycles. The molecule has 0 unspecified atom stereocenters. The summed E-state index contributed by atoms with van der Waals surface area (Å²) in [7, 11) is 0. The molecule has 9 heteroatoms. The highest BCUT2D eigenvalue weighted by Crippen LogP contribution is 2.61. The first-order chi connectivity index (χ1) is 16.8. The Morgan fingerprint density at radius 1 is 1.11 bits per heavy atom. The Hall–Kier alpha value is -3.07. The van der Waals surface area contributed by atoms with E-state index in [2.05, 4.69) is 26.1 Å². The fourth-order valence-electron chi connectivity index (χ4n) is 5.43. The van der Waals surface area contributed by atoms with Crippen LogP contribution in [0.2, 0.25) is 0 Å². The number of alkyl halides is 3. The van der Waals surface area contributed by atoms with Crippen LogP contribution in [0.1, 0.15) is 44.0 Å². The molecule has 0 heterocycles. The third kappa shape index (κ3) is 6.37. The van der Waals surface area contributed by atoms with Crippen molar-refractivity contribution in [3.05, 3.63) is 54.1 Å². The number of carbonyl (C=O) groups excluding carboxylic acids is 1. The van der Waals surface area contributed by atoms with E-state index in [9.17, 15) is 18.0 Å². The van der Waals surface area contributed by atoms with Crippen LogP contribution in [0.25, 0.3) is 11.1 Å². The number of ether oxygens (including phenoxy) is 1. The van der Waals surface area contributed by atoms with Crippen LogP contribution in [-0.4, -0.2) is 42.4 Å². The summed E-state index contributed by atoms with van der Waals surface area (Å²) in [6.45, 7) is 8.83. The largest absolute Gasteiger partial charge is 0.492 e. The lowest BCUT2D eigenvalue weighted by atomic mass is 9.45. The van der Waals surface area contributed by atoms with Crippen molar-refractivity contribution in [1.29, 1.82) is 0 Å². The molecular formula is C27H33F3N2O4. The first-order valence-electron chi connectivity index (χ1n) is 12.0. The highest BCUT2D eigenvalue weighted by molar-refractivity contribution is 5.94. The first kappa shape index (κ1) is 27.5. The van der Waals surface area contributed by atoms with Gasteiger partial charge in [0.05, 0.1) is 0 Å². The molecule has 3 saturated carbocycles. The molecule has 2 aromatic carbocycles. The predicted octanol–water partition coefficient (Wildman–Crippen LogP) is 5.12. The van der Waals surface area contributed by atoms with E-state index in [0.29, 0.717) is 23.6 Å². The third-order valence-corrected chi connectivity index (χ3v) is 7.71. The van der Waals surface area contributed by atoms with Gasteiger partial charge in [0.25, 0.3) is 0 Å². The van der Waals surface area contributed by atoms with Crippen molar-refractivity contribution < 1.29 is 32.6 Å². The maximum atomic E-state index is 11.4. The van der Waals surface area contributed by atoms with Gasteiger partial charge in [-0.2, -0.15) is 13.2 Å². The highest BCUT2D eigenvalue weighted by atomic mass is 19.4. The number of primary amides is 1. The van der Waals surface area contributed by atoms with Crippen molar-refractivity contribution in [1.82, 2.24) is 5.32 Å². The molecule has 3 fully saturated rings. The molecule has 196 valence electrons. The van der Waals surface area contributed by atoms with Crippen LogP contribution in [0.5, 0.6) is 5.75 Å². The fraction of sp³-hybridized carbons (Fsp3) is 0.481. The Bertz CT molecular complexity index is 1070. The van der Waals surface area contributed by atoms with Gasteiger partial charge in [0, 0.05) is 18.2 Å². The summed E-state index contributed by atoms with van der Waals surface area (Å²) in [5.74, 6) is 0.177. The number of nitrogens with one attached hydrogen (secondary N) is 1. The summed E-state index contributed by atoms with van der Waals surface area (Å²) in [5, 5.41) is 10.9. The fourth-order valence-corrected chi connectivity index (χ4v) is 5.43. The Morgan fingerprint density at radius 2 is 1.75 bits per heavy atom. The number of hydrogen-bond donors (Lipinski definition) is 3. The van der Waals surface area contributed by atoms with Gasteiger partial charge in [0.15, 0.2) is 0 Å². The molecule has 2 aromatic rings. The molecule has 3 aliphatic carbocycles. The quantitative estimate of drug-likeness (QED) is 0.452. The lowest BCUT2D eigenvalue weighted by Crippen LogP contribution is -2.60. The van der Waals surface area contributed by atoms with E-state index in [0.717, 1.165) is 41.2 Å². The van der Waals surface area contributed by atoms with E-state index in [1.54, 1.807) is 6.07 Å². The molecule has 3 aliphatic rings. The van der Waals surface area contributed by atoms with Gasteiger partial charge in [-0.1, -0.05) is 45.0 Å². The summed E-state index contributed by atoms with van der Waals surface area (Å²) < 4.78 is 37.7. The molecular weight excluding hydrogens is 473 g/mol. The number of nitrogens with two attached hydrogens (primary N) is 1. The number of fused-ring (bicyclic) bond motifs is 2. The number of hydrogen-bond acceptors (Lipinski definition) is 4. The van der Waals surface area contributed by atoms with Gasteiger partial charge in [0.2, 0.25) is 5.91 Å². The zero-order valence-corrected chi connectivity index (χ0v) is 20.6. The van der Waals surface area contributed by atoms with Crippen LogP contribution in [0.3, 0.4) is 0 Å². The van der Waals surface area contributed by atoms with Gasteiger partial charge < -0.3 is 20.9 Å². The molecule has 0 radical (unpaired) electrons. The number of carboxylic acid groups (broad SMARTS) is 1. The van der Waals surface area contributed by atoms with Crippen LogP contribution < -0.4 is 15.8 Å². The van der Waals surface area contributed by atoms with Crippen LogP contribution in [0.4, 0.5) is 13.2 Å². The van der Waals surface area contributed by atoms with Crippen LogP contribution in [0.15, 0.2) is 48.5 Å². The molecule has 5 rings (SSSR count). The SMILES string of the molecule is C[C@@H]1[C@H]2C[C@@H](C[C@H]1NCCOc1ccc(-c3cccc(C(N)=O)c3)cc1)C2(C)C.O=C(O)C(F)(F)F. The lowest BCUT2D eigenvalue weighted by Gasteiger charge is -2.62. The minimum Gasteiger partial charge on any atom is -0.492 e. The van der Waals surface area contributed by atoms with E-state index in [1.165, 1.54) is 12.8 Å². The Morgan fingerprint density at radius 3 is 2.28 bits per heavy atom. The maximum Gasteiger partial charge on any atom is 0.490 e. The predicted molar refractivity (Wildman–Crippen MR) is 131 cm³/mol. The average molecular weight is 507 g/mol. The Balaban J connectivity index is 0.000000454. The topological polar surface area (TPSA) is 102 Å². The van der Waals surface area contributed by atoms with Crippen molar-refractivity contribution in [2.75, 3.05) is 13.2 Å². The smallest absolute Gasteiger partial charge is 0.490 e. The van der Waals surface area contributed by atoms with E-state index in [1.807, 2.05) is 42.5 Å². The zero-order chi connectivity index (χ0) is 26.7. The van der Waals surface area contributed by atoms with Gasteiger partial charge in [-0.05, 0) is 71.4 Å². The highest BCUT2D eigenvalue weighted by Gasteiger charge is 2.55. The second-order valence-electron chi connectivity index (χ2n) is 10.1. The minimum absolute atomic E-state index is 0.410. The number of amides is 1. The second kappa shape index (κ2) is 10.9. The molecule has 0 spiro atoms. The van der Waals surface area contributed by atoms with Gasteiger partial charge in [-0.3, -0.25) is 4.79 Å². The first-order valence-corrected chi connectivity index (χ1v) is 12.0. The van der Waals surface area contributed by atoms with Crippen LogP contribution >= 0.6 is 0 Å². The van der Waals surface area contributed by atoms with Crippen molar-refractivity contribution in [3.63, 3.8) is 0 Å². The number of rotatable bonds is 7. The average Bonchev–Trinajstić information content (AvgIpc) is 2.82. The van der Waals surface area contributed by atoms with E-state index < -0.39 is 18.1 Å². The summed E-state index contributed by atoms with van der Waals surface area (Å²) in [6, 6.07) is 16.0. The number of aliphatic carboxylic acids is 1. The van der Waals surface area contributed by atoms with Crippen LogP contribution in [-0.2, 0) is 4.79 Å². The summed E-state index contributed by atoms with van der Waals surface area (Å²) in [4.78, 5) is 20.3. The van der Waals surface area contributed by atoms with E-state index in [-0.39, 0.29) is 0 Å². The van der Waals surface area contributed by atoms with Gasteiger partial charge >= 0.3 is 12.1 Å². The van der Waals surface area contributed by atoms with Crippen molar-refractivity contribution in [2.45, 2.75) is 45.8 Å².